The van der Waals surface area contributed by atoms with Crippen molar-refractivity contribution < 1.29 is 24.2 Å². The number of carbonyl (C=O) groups is 2. The number of rotatable bonds is 9. The van der Waals surface area contributed by atoms with E-state index in [9.17, 15) is 14.7 Å². The van der Waals surface area contributed by atoms with E-state index in [1.807, 2.05) is 32.9 Å². The van der Waals surface area contributed by atoms with Gasteiger partial charge in [-0.1, -0.05) is 66.7 Å². The number of ether oxygens (including phenoxy) is 2. The van der Waals surface area contributed by atoms with Crippen LogP contribution < -0.4 is 4.74 Å². The molecule has 34 heavy (non-hydrogen) atoms. The van der Waals surface area contributed by atoms with Gasteiger partial charge in [0, 0.05) is 5.41 Å². The fourth-order valence-corrected chi connectivity index (χ4v) is 4.16. The third kappa shape index (κ3) is 6.40. The molecular weight excluding hydrogens is 428 g/mol. The van der Waals surface area contributed by atoms with E-state index >= 15 is 0 Å². The summed E-state index contributed by atoms with van der Waals surface area (Å²) in [5.74, 6) is 0.932. The summed E-state index contributed by atoms with van der Waals surface area (Å²) in [5.41, 5.74) is 1.67. The minimum absolute atomic E-state index is 0.0497. The number of ketones is 1. The van der Waals surface area contributed by atoms with Crippen molar-refractivity contribution in [2.24, 2.45) is 5.41 Å². The van der Waals surface area contributed by atoms with Gasteiger partial charge in [0.2, 0.25) is 0 Å². The number of Topliss-reactive ketones (excluding diaryl/α,β-unsaturated/α-hetero) is 1. The first-order chi connectivity index (χ1) is 16.0. The highest BCUT2D eigenvalue weighted by molar-refractivity contribution is 5.89. The first-order valence-electron chi connectivity index (χ1n) is 12.2. The van der Waals surface area contributed by atoms with Gasteiger partial charge in [0.1, 0.15) is 24.7 Å². The fourth-order valence-electron chi connectivity index (χ4n) is 4.16. The van der Waals surface area contributed by atoms with E-state index in [-0.39, 0.29) is 29.3 Å². The van der Waals surface area contributed by atoms with Gasteiger partial charge in [-0.3, -0.25) is 4.79 Å². The van der Waals surface area contributed by atoms with Crippen LogP contribution in [0.15, 0.2) is 53.8 Å². The Morgan fingerprint density at radius 3 is 2.35 bits per heavy atom. The van der Waals surface area contributed by atoms with Crippen LogP contribution in [0, 0.1) is 5.41 Å². The zero-order valence-electron chi connectivity index (χ0n) is 21.7. The van der Waals surface area contributed by atoms with Gasteiger partial charge in [-0.15, -0.1) is 0 Å². The predicted molar refractivity (Wildman–Crippen MR) is 136 cm³/mol. The molecule has 0 aliphatic carbocycles. The van der Waals surface area contributed by atoms with Crippen LogP contribution in [0.25, 0.3) is 0 Å². The molecule has 5 heteroatoms. The Morgan fingerprint density at radius 1 is 1.12 bits per heavy atom. The molecule has 0 saturated heterocycles. The van der Waals surface area contributed by atoms with Crippen molar-refractivity contribution in [2.45, 2.75) is 79.1 Å². The minimum Gasteiger partial charge on any atom is -0.493 e. The van der Waals surface area contributed by atoms with E-state index in [0.29, 0.717) is 13.0 Å². The van der Waals surface area contributed by atoms with E-state index in [1.165, 1.54) is 0 Å². The summed E-state index contributed by atoms with van der Waals surface area (Å²) in [6, 6.07) is 6.22. The van der Waals surface area contributed by atoms with E-state index in [1.54, 1.807) is 18.2 Å². The number of carboxylic acid groups (broad SMARTS) is 1. The van der Waals surface area contributed by atoms with E-state index in [0.717, 1.165) is 35.5 Å². The number of allylic oxidation sites excluding steroid dienone is 3. The average molecular weight is 469 g/mol. The van der Waals surface area contributed by atoms with Crippen LogP contribution in [0.3, 0.4) is 0 Å². The molecule has 1 aromatic rings. The summed E-state index contributed by atoms with van der Waals surface area (Å²) in [4.78, 5) is 23.8. The number of carbonyl (C=O) groups excluding carboxylic acids is 1. The third-order valence-corrected chi connectivity index (χ3v) is 6.58. The summed E-state index contributed by atoms with van der Waals surface area (Å²) in [6.07, 6.45) is 9.20. The van der Waals surface area contributed by atoms with Crippen molar-refractivity contribution in [2.75, 3.05) is 13.2 Å². The number of aliphatic carboxylic acids is 1. The maximum absolute atomic E-state index is 12.4. The molecule has 0 spiro atoms. The fraction of sp³-hybridized carbons (Fsp3) is 0.517. The second kappa shape index (κ2) is 11.5. The SMILES string of the molecule is CCC(CC)(/C1=C/C/C=C(C(=O)O)\C=C/CO1)c1ccc(OCC(=O)C(C)(C)C)c(C(C)C)c1. The molecule has 0 radical (unpaired) electrons. The van der Waals surface area contributed by atoms with Gasteiger partial charge >= 0.3 is 5.97 Å². The molecule has 0 fully saturated rings. The first-order valence-corrected chi connectivity index (χ1v) is 12.2. The molecule has 1 aliphatic rings. The maximum Gasteiger partial charge on any atom is 0.335 e. The van der Waals surface area contributed by atoms with Crippen molar-refractivity contribution in [1.29, 1.82) is 0 Å². The molecule has 2 rings (SSSR count). The Hall–Kier alpha value is -2.82. The monoisotopic (exact) mass is 468 g/mol. The molecule has 186 valence electrons. The largest absolute Gasteiger partial charge is 0.493 e. The van der Waals surface area contributed by atoms with Crippen molar-refractivity contribution >= 4 is 11.8 Å². The summed E-state index contributed by atoms with van der Waals surface area (Å²) in [5, 5.41) is 9.36. The van der Waals surface area contributed by atoms with E-state index < -0.39 is 11.4 Å². The summed E-state index contributed by atoms with van der Waals surface area (Å²) < 4.78 is 12.2. The zero-order valence-corrected chi connectivity index (χ0v) is 21.7. The highest BCUT2D eigenvalue weighted by Gasteiger charge is 2.35. The molecule has 0 bridgehead atoms. The standard InChI is InChI=1S/C29H40O5/c1-8-29(9-2,26-14-10-12-21(27(31)32)13-11-17-33-26)22-15-16-24(23(18-22)20(3)4)34-19-25(30)28(5,6)7/h11-16,18,20H,8-10,17,19H2,1-7H3,(H,31,32)/b13-11-,21-12+,26-14-. The molecule has 1 aliphatic heterocycles. The normalized spacial score (nSPS) is 18.9. The van der Waals surface area contributed by atoms with Crippen LogP contribution in [0.4, 0.5) is 0 Å². The van der Waals surface area contributed by atoms with Crippen LogP contribution in [-0.2, 0) is 19.7 Å². The molecule has 0 saturated carbocycles. The molecule has 0 unspecified atom stereocenters. The molecule has 1 N–H and O–H groups in total. The van der Waals surface area contributed by atoms with Crippen LogP contribution in [-0.4, -0.2) is 30.1 Å². The number of hydrogen-bond acceptors (Lipinski definition) is 4. The Kier molecular flexibility index (Phi) is 9.31. The van der Waals surface area contributed by atoms with Gasteiger partial charge in [-0.05, 0) is 60.6 Å². The second-order valence-electron chi connectivity index (χ2n) is 10.1. The predicted octanol–water partition coefficient (Wildman–Crippen LogP) is 6.73. The van der Waals surface area contributed by atoms with Gasteiger partial charge in [0.15, 0.2) is 5.78 Å². The number of carboxylic acids is 1. The van der Waals surface area contributed by atoms with Crippen LogP contribution >= 0.6 is 0 Å². The molecule has 0 atom stereocenters. The molecule has 1 aromatic carbocycles. The third-order valence-electron chi connectivity index (χ3n) is 6.58. The number of hydrogen-bond donors (Lipinski definition) is 1. The molecule has 1 heterocycles. The smallest absolute Gasteiger partial charge is 0.335 e. The van der Waals surface area contributed by atoms with Crippen molar-refractivity contribution in [3.63, 3.8) is 0 Å². The quantitative estimate of drug-likeness (QED) is 0.435. The Bertz CT molecular complexity index is 969. The Morgan fingerprint density at radius 2 is 1.79 bits per heavy atom. The Labute approximate surface area is 204 Å². The summed E-state index contributed by atoms with van der Waals surface area (Å²) in [7, 11) is 0. The molecule has 5 nitrogen and oxygen atoms in total. The minimum atomic E-state index is -0.938. The van der Waals surface area contributed by atoms with Gasteiger partial charge in [0.25, 0.3) is 0 Å². The highest BCUT2D eigenvalue weighted by atomic mass is 16.5. The summed E-state index contributed by atoms with van der Waals surface area (Å²) >= 11 is 0. The van der Waals surface area contributed by atoms with Crippen molar-refractivity contribution in [3.05, 3.63) is 65.0 Å². The second-order valence-corrected chi connectivity index (χ2v) is 10.1. The van der Waals surface area contributed by atoms with Gasteiger partial charge in [0.05, 0.1) is 11.0 Å². The summed E-state index contributed by atoms with van der Waals surface area (Å²) in [6.45, 7) is 14.6. The highest BCUT2D eigenvalue weighted by Crippen LogP contribution is 2.42. The zero-order chi connectivity index (χ0) is 25.5. The van der Waals surface area contributed by atoms with Gasteiger partial charge in [-0.25, -0.2) is 4.79 Å². The lowest BCUT2D eigenvalue weighted by atomic mass is 9.73. The lowest BCUT2D eigenvalue weighted by molar-refractivity contribution is -0.132. The number of benzene rings is 1. The van der Waals surface area contributed by atoms with E-state index in [2.05, 4.69) is 39.8 Å². The Balaban J connectivity index is 2.47. The van der Waals surface area contributed by atoms with E-state index in [4.69, 9.17) is 9.47 Å². The van der Waals surface area contributed by atoms with Gasteiger partial charge in [-0.2, -0.15) is 0 Å². The lowest BCUT2D eigenvalue weighted by Gasteiger charge is -2.35. The van der Waals surface area contributed by atoms with Crippen molar-refractivity contribution in [3.8, 4) is 5.75 Å². The topological polar surface area (TPSA) is 72.8 Å². The molecular formula is C29H40O5. The molecule has 0 aromatic heterocycles. The average Bonchev–Trinajstić information content (AvgIpc) is 2.91. The van der Waals surface area contributed by atoms with Crippen LogP contribution in [0.2, 0.25) is 0 Å². The lowest BCUT2D eigenvalue weighted by Crippen LogP contribution is -2.29. The van der Waals surface area contributed by atoms with Crippen molar-refractivity contribution in [1.82, 2.24) is 0 Å². The van der Waals surface area contributed by atoms with Gasteiger partial charge < -0.3 is 14.6 Å². The van der Waals surface area contributed by atoms with Crippen LogP contribution in [0.5, 0.6) is 5.75 Å². The molecule has 0 amide bonds. The van der Waals surface area contributed by atoms with Crippen LogP contribution in [0.1, 0.15) is 84.8 Å². The first kappa shape index (κ1) is 27.4. The maximum atomic E-state index is 12.4.